The zero-order valence-electron chi connectivity index (χ0n) is 16.8. The molecule has 0 unspecified atom stereocenters. The second kappa shape index (κ2) is 10.3. The number of nitrogens with zero attached hydrogens (tertiary/aromatic N) is 2. The van der Waals surface area contributed by atoms with Crippen molar-refractivity contribution in [3.05, 3.63) is 29.3 Å². The first-order valence-corrected chi connectivity index (χ1v) is 12.5. The van der Waals surface area contributed by atoms with E-state index in [1.54, 1.807) is 16.1 Å². The van der Waals surface area contributed by atoms with Gasteiger partial charge >= 0.3 is 0 Å². The molecule has 0 saturated carbocycles. The number of thioether (sulfide) groups is 1. The first-order chi connectivity index (χ1) is 12.8. The summed E-state index contributed by atoms with van der Waals surface area (Å²) in [6, 6.07) is 6.47. The average Bonchev–Trinajstić information content (AvgIpc) is 2.64. The molecule has 152 valence electrons. The van der Waals surface area contributed by atoms with E-state index >= 15 is 0 Å². The minimum Gasteiger partial charge on any atom is -0.357 e. The molecule has 1 aliphatic rings. The summed E-state index contributed by atoms with van der Waals surface area (Å²) in [6.07, 6.45) is 5.14. The summed E-state index contributed by atoms with van der Waals surface area (Å²) in [5, 5.41) is 6.73. The standard InChI is InChI=1S/C19H32N4O2S2/c1-5-20-19(22-14-17-7-6-15(2)12-18(17)26-3)21-13-16-8-10-23(11-9-16)27(4,24)25/h6-7,12,16H,5,8-11,13-14H2,1-4H3,(H2,20,21,22). The second-order valence-electron chi connectivity index (χ2n) is 7.00. The van der Waals surface area contributed by atoms with Gasteiger partial charge < -0.3 is 10.6 Å². The van der Waals surface area contributed by atoms with Crippen molar-refractivity contribution in [3.63, 3.8) is 0 Å². The first-order valence-electron chi connectivity index (χ1n) is 9.44. The van der Waals surface area contributed by atoms with Crippen LogP contribution in [0, 0.1) is 12.8 Å². The van der Waals surface area contributed by atoms with Gasteiger partial charge in [0, 0.05) is 31.1 Å². The number of hydrogen-bond donors (Lipinski definition) is 2. The third-order valence-corrected chi connectivity index (χ3v) is 6.92. The molecule has 0 amide bonds. The van der Waals surface area contributed by atoms with Gasteiger partial charge in [0.2, 0.25) is 10.0 Å². The third-order valence-electron chi connectivity index (χ3n) is 4.80. The van der Waals surface area contributed by atoms with Gasteiger partial charge in [0.25, 0.3) is 0 Å². The lowest BCUT2D eigenvalue weighted by atomic mass is 9.98. The Hall–Kier alpha value is -1.25. The molecule has 0 aromatic heterocycles. The number of benzene rings is 1. The van der Waals surface area contributed by atoms with Crippen molar-refractivity contribution >= 4 is 27.7 Å². The molecule has 1 fully saturated rings. The van der Waals surface area contributed by atoms with Gasteiger partial charge in [-0.1, -0.05) is 12.1 Å². The predicted octanol–water partition coefficient (Wildman–Crippen LogP) is 2.44. The minimum atomic E-state index is -3.06. The molecule has 0 atom stereocenters. The van der Waals surface area contributed by atoms with Crippen molar-refractivity contribution in [2.45, 2.75) is 38.1 Å². The Morgan fingerprint density at radius 2 is 2.00 bits per heavy atom. The van der Waals surface area contributed by atoms with Crippen LogP contribution in [0.2, 0.25) is 0 Å². The zero-order valence-corrected chi connectivity index (χ0v) is 18.4. The highest BCUT2D eigenvalue weighted by Crippen LogP contribution is 2.22. The van der Waals surface area contributed by atoms with Crippen LogP contribution in [-0.2, 0) is 16.6 Å². The molecule has 1 aromatic rings. The Bertz CT molecular complexity index is 742. The zero-order chi connectivity index (χ0) is 19.9. The first kappa shape index (κ1) is 22.0. The summed E-state index contributed by atoms with van der Waals surface area (Å²) in [5.74, 6) is 1.28. The lowest BCUT2D eigenvalue weighted by Crippen LogP contribution is -2.44. The molecule has 1 saturated heterocycles. The number of aliphatic imine (C=N–C) groups is 1. The normalized spacial score (nSPS) is 17.1. The van der Waals surface area contributed by atoms with Gasteiger partial charge in [-0.15, -0.1) is 11.8 Å². The van der Waals surface area contributed by atoms with Crippen molar-refractivity contribution in [2.24, 2.45) is 10.9 Å². The Kier molecular flexibility index (Phi) is 8.44. The summed E-state index contributed by atoms with van der Waals surface area (Å²) >= 11 is 1.75. The van der Waals surface area contributed by atoms with Crippen LogP contribution in [-0.4, -0.2) is 57.4 Å². The van der Waals surface area contributed by atoms with E-state index in [-0.39, 0.29) is 0 Å². The molecule has 1 aromatic carbocycles. The minimum absolute atomic E-state index is 0.466. The van der Waals surface area contributed by atoms with E-state index in [1.165, 1.54) is 22.3 Å². The Labute approximate surface area is 168 Å². The van der Waals surface area contributed by atoms with Crippen molar-refractivity contribution in [3.8, 4) is 0 Å². The fourth-order valence-electron chi connectivity index (χ4n) is 3.17. The molecule has 0 aliphatic carbocycles. The number of sulfonamides is 1. The van der Waals surface area contributed by atoms with E-state index in [1.807, 2.05) is 0 Å². The third kappa shape index (κ3) is 7.01. The van der Waals surface area contributed by atoms with Crippen LogP contribution in [0.15, 0.2) is 28.1 Å². The van der Waals surface area contributed by atoms with Gasteiger partial charge in [-0.25, -0.2) is 17.7 Å². The lowest BCUT2D eigenvalue weighted by Gasteiger charge is -2.30. The molecule has 0 bridgehead atoms. The van der Waals surface area contributed by atoms with E-state index in [0.717, 1.165) is 31.9 Å². The maximum atomic E-state index is 11.6. The van der Waals surface area contributed by atoms with Gasteiger partial charge in [-0.05, 0) is 56.1 Å². The molecule has 27 heavy (non-hydrogen) atoms. The number of nitrogens with one attached hydrogen (secondary N) is 2. The van der Waals surface area contributed by atoms with E-state index in [2.05, 4.69) is 48.9 Å². The van der Waals surface area contributed by atoms with Crippen LogP contribution in [0.1, 0.15) is 30.9 Å². The Morgan fingerprint density at radius 1 is 1.30 bits per heavy atom. The van der Waals surface area contributed by atoms with Gasteiger partial charge in [0.15, 0.2) is 5.96 Å². The quantitative estimate of drug-likeness (QED) is 0.409. The van der Waals surface area contributed by atoms with Crippen LogP contribution in [0.4, 0.5) is 0 Å². The SMILES string of the molecule is CCNC(=NCc1ccc(C)cc1SC)NCC1CCN(S(C)(=O)=O)CC1. The second-order valence-corrected chi connectivity index (χ2v) is 9.83. The van der Waals surface area contributed by atoms with Crippen molar-refractivity contribution in [1.82, 2.24) is 14.9 Å². The monoisotopic (exact) mass is 412 g/mol. The number of aryl methyl sites for hydroxylation is 1. The number of hydrogen-bond acceptors (Lipinski definition) is 4. The molecule has 2 N–H and O–H groups in total. The fourth-order valence-corrected chi connectivity index (χ4v) is 4.75. The van der Waals surface area contributed by atoms with Gasteiger partial charge in [-0.3, -0.25) is 0 Å². The number of rotatable bonds is 7. The van der Waals surface area contributed by atoms with Crippen LogP contribution in [0.5, 0.6) is 0 Å². The summed E-state index contributed by atoms with van der Waals surface area (Å²) in [4.78, 5) is 6.00. The van der Waals surface area contributed by atoms with Crippen molar-refractivity contribution in [1.29, 1.82) is 0 Å². The van der Waals surface area contributed by atoms with E-state index in [4.69, 9.17) is 4.99 Å². The Morgan fingerprint density at radius 3 is 2.59 bits per heavy atom. The summed E-state index contributed by atoms with van der Waals surface area (Å²) < 4.78 is 24.8. The van der Waals surface area contributed by atoms with Crippen LogP contribution >= 0.6 is 11.8 Å². The molecular formula is C19H32N4O2S2. The molecule has 1 heterocycles. The topological polar surface area (TPSA) is 73.8 Å². The Balaban J connectivity index is 1.91. The van der Waals surface area contributed by atoms with E-state index in [9.17, 15) is 8.42 Å². The van der Waals surface area contributed by atoms with Gasteiger partial charge in [0.05, 0.1) is 12.8 Å². The molecule has 1 aliphatic heterocycles. The van der Waals surface area contributed by atoms with Gasteiger partial charge in [-0.2, -0.15) is 0 Å². The maximum Gasteiger partial charge on any atom is 0.211 e. The van der Waals surface area contributed by atoms with E-state index < -0.39 is 10.0 Å². The van der Waals surface area contributed by atoms with Crippen LogP contribution in [0.25, 0.3) is 0 Å². The maximum absolute atomic E-state index is 11.6. The average molecular weight is 413 g/mol. The smallest absolute Gasteiger partial charge is 0.211 e. The summed E-state index contributed by atoms with van der Waals surface area (Å²) in [5.41, 5.74) is 2.49. The molecule has 0 radical (unpaired) electrons. The molecule has 0 spiro atoms. The molecule has 6 nitrogen and oxygen atoms in total. The fraction of sp³-hybridized carbons (Fsp3) is 0.632. The molecular weight excluding hydrogens is 380 g/mol. The molecule has 2 rings (SSSR count). The van der Waals surface area contributed by atoms with Crippen LogP contribution in [0.3, 0.4) is 0 Å². The summed E-state index contributed by atoms with van der Waals surface area (Å²) in [7, 11) is -3.06. The highest BCUT2D eigenvalue weighted by atomic mass is 32.2. The largest absolute Gasteiger partial charge is 0.357 e. The summed E-state index contributed by atoms with van der Waals surface area (Å²) in [6.45, 7) is 7.64. The number of guanidine groups is 1. The van der Waals surface area contributed by atoms with Gasteiger partial charge in [0.1, 0.15) is 0 Å². The van der Waals surface area contributed by atoms with Crippen molar-refractivity contribution < 1.29 is 8.42 Å². The lowest BCUT2D eigenvalue weighted by molar-refractivity contribution is 0.275. The van der Waals surface area contributed by atoms with Crippen molar-refractivity contribution in [2.75, 3.05) is 38.7 Å². The van der Waals surface area contributed by atoms with E-state index in [0.29, 0.717) is 25.6 Å². The predicted molar refractivity (Wildman–Crippen MR) is 115 cm³/mol. The highest BCUT2D eigenvalue weighted by Gasteiger charge is 2.24. The highest BCUT2D eigenvalue weighted by molar-refractivity contribution is 7.98. The van der Waals surface area contributed by atoms with Crippen LogP contribution < -0.4 is 10.6 Å². The number of piperidine rings is 1. The molecule has 8 heteroatoms.